The summed E-state index contributed by atoms with van der Waals surface area (Å²) in [6.45, 7) is 0. The molecule has 0 aliphatic carbocycles. The number of halogens is 4. The summed E-state index contributed by atoms with van der Waals surface area (Å²) in [6.07, 6.45) is 0. The molecule has 16 heavy (non-hydrogen) atoms. The smallest absolute Gasteiger partial charge is 0.130 e. The summed E-state index contributed by atoms with van der Waals surface area (Å²) in [7, 11) is 0. The van der Waals surface area contributed by atoms with Crippen LogP contribution in [0, 0.1) is 14.5 Å². The Hall–Kier alpha value is -0.0100. The van der Waals surface area contributed by atoms with Crippen LogP contribution in [0.15, 0.2) is 29.6 Å². The van der Waals surface area contributed by atoms with Crippen LogP contribution < -0.4 is 0 Å². The summed E-state index contributed by atoms with van der Waals surface area (Å²) in [5, 5.41) is 1.96. The van der Waals surface area contributed by atoms with Crippen LogP contribution in [0.25, 0.3) is 0 Å². The Bertz CT molecular complexity index is 512. The molecule has 1 atom stereocenters. The molecule has 0 saturated heterocycles. The standard InChI is InChI=1S/C11H6BrF2IS/c12-11(6-3-10(15)16-5-6)8-2-1-7(13)4-9(8)14/h1-5,11H. The molecule has 1 aromatic carbocycles. The van der Waals surface area contributed by atoms with E-state index in [4.69, 9.17) is 0 Å². The predicted octanol–water partition coefficient (Wildman–Crippen LogP) is 5.12. The first kappa shape index (κ1) is 12.4. The first-order chi connectivity index (χ1) is 7.58. The van der Waals surface area contributed by atoms with Crippen molar-refractivity contribution in [2.45, 2.75) is 4.83 Å². The van der Waals surface area contributed by atoms with Gasteiger partial charge in [-0.25, -0.2) is 8.78 Å². The van der Waals surface area contributed by atoms with Gasteiger partial charge in [0, 0.05) is 11.6 Å². The highest BCUT2D eigenvalue weighted by molar-refractivity contribution is 14.1. The first-order valence-corrected chi connectivity index (χ1v) is 7.28. The highest BCUT2D eigenvalue weighted by Crippen LogP contribution is 2.35. The van der Waals surface area contributed by atoms with Crippen molar-refractivity contribution >= 4 is 49.9 Å². The molecule has 0 bridgehead atoms. The van der Waals surface area contributed by atoms with E-state index in [1.54, 1.807) is 11.3 Å². The van der Waals surface area contributed by atoms with Gasteiger partial charge in [0.15, 0.2) is 0 Å². The fraction of sp³-hybridized carbons (Fsp3) is 0.0909. The summed E-state index contributed by atoms with van der Waals surface area (Å²) in [5.74, 6) is -1.08. The maximum Gasteiger partial charge on any atom is 0.130 e. The first-order valence-electron chi connectivity index (χ1n) is 4.41. The van der Waals surface area contributed by atoms with Crippen molar-refractivity contribution in [1.82, 2.24) is 0 Å². The van der Waals surface area contributed by atoms with Crippen LogP contribution in [0.4, 0.5) is 8.78 Å². The van der Waals surface area contributed by atoms with Gasteiger partial charge in [0.25, 0.3) is 0 Å². The zero-order chi connectivity index (χ0) is 11.7. The molecule has 2 rings (SSSR count). The third kappa shape index (κ3) is 2.62. The molecule has 2 aromatic rings. The lowest BCUT2D eigenvalue weighted by molar-refractivity contribution is 0.574. The largest absolute Gasteiger partial charge is 0.207 e. The summed E-state index contributed by atoms with van der Waals surface area (Å²) in [5.41, 5.74) is 1.44. The van der Waals surface area contributed by atoms with Gasteiger partial charge in [-0.1, -0.05) is 22.0 Å². The third-order valence-corrected chi connectivity index (χ3v) is 4.95. The van der Waals surface area contributed by atoms with Gasteiger partial charge in [-0.3, -0.25) is 0 Å². The number of alkyl halides is 1. The van der Waals surface area contributed by atoms with Gasteiger partial charge in [0.05, 0.1) is 7.71 Å². The number of hydrogen-bond donors (Lipinski definition) is 0. The Kier molecular flexibility index (Phi) is 3.97. The van der Waals surface area contributed by atoms with Crippen LogP contribution in [-0.4, -0.2) is 0 Å². The molecule has 5 heteroatoms. The van der Waals surface area contributed by atoms with Gasteiger partial charge in [0.1, 0.15) is 11.6 Å². The highest BCUT2D eigenvalue weighted by Gasteiger charge is 2.16. The Morgan fingerprint density at radius 2 is 2.00 bits per heavy atom. The molecular formula is C11H6BrF2IS. The zero-order valence-electron chi connectivity index (χ0n) is 7.88. The Labute approximate surface area is 118 Å². The molecule has 0 spiro atoms. The molecule has 1 aromatic heterocycles. The van der Waals surface area contributed by atoms with Crippen molar-refractivity contribution in [2.24, 2.45) is 0 Å². The molecule has 0 aliphatic rings. The third-order valence-electron chi connectivity index (χ3n) is 2.12. The van der Waals surface area contributed by atoms with E-state index in [2.05, 4.69) is 38.5 Å². The van der Waals surface area contributed by atoms with Gasteiger partial charge in [0.2, 0.25) is 0 Å². The van der Waals surface area contributed by atoms with Crippen LogP contribution in [0.2, 0.25) is 0 Å². The van der Waals surface area contributed by atoms with E-state index in [1.165, 1.54) is 12.1 Å². The summed E-state index contributed by atoms with van der Waals surface area (Å²) < 4.78 is 27.4. The minimum Gasteiger partial charge on any atom is -0.207 e. The molecule has 0 radical (unpaired) electrons. The second kappa shape index (κ2) is 5.10. The quantitative estimate of drug-likeness (QED) is 0.472. The molecule has 0 nitrogen and oxygen atoms in total. The molecule has 1 heterocycles. The van der Waals surface area contributed by atoms with E-state index in [0.717, 1.165) is 14.5 Å². The second-order valence-electron chi connectivity index (χ2n) is 3.21. The molecule has 0 fully saturated rings. The Morgan fingerprint density at radius 3 is 2.56 bits per heavy atom. The van der Waals surface area contributed by atoms with Crippen molar-refractivity contribution < 1.29 is 8.78 Å². The maximum atomic E-state index is 13.5. The maximum absolute atomic E-state index is 13.5. The molecule has 0 amide bonds. The zero-order valence-corrected chi connectivity index (χ0v) is 12.4. The topological polar surface area (TPSA) is 0 Å². The van der Waals surface area contributed by atoms with Gasteiger partial charge >= 0.3 is 0 Å². The van der Waals surface area contributed by atoms with Crippen LogP contribution >= 0.6 is 49.9 Å². The predicted molar refractivity (Wildman–Crippen MR) is 74.2 cm³/mol. The van der Waals surface area contributed by atoms with E-state index >= 15 is 0 Å². The number of benzene rings is 1. The van der Waals surface area contributed by atoms with E-state index < -0.39 is 11.6 Å². The lowest BCUT2D eigenvalue weighted by atomic mass is 10.1. The molecule has 0 aliphatic heterocycles. The van der Waals surface area contributed by atoms with E-state index in [1.807, 2.05) is 11.4 Å². The Morgan fingerprint density at radius 1 is 1.25 bits per heavy atom. The average Bonchev–Trinajstić information content (AvgIpc) is 2.64. The monoisotopic (exact) mass is 414 g/mol. The number of rotatable bonds is 2. The number of thiophene rings is 1. The highest BCUT2D eigenvalue weighted by atomic mass is 127. The molecule has 0 saturated carbocycles. The fourth-order valence-electron chi connectivity index (χ4n) is 1.34. The van der Waals surface area contributed by atoms with Gasteiger partial charge < -0.3 is 0 Å². The second-order valence-corrected chi connectivity index (χ2v) is 6.93. The van der Waals surface area contributed by atoms with Gasteiger partial charge in [-0.15, -0.1) is 11.3 Å². The van der Waals surface area contributed by atoms with Crippen molar-refractivity contribution in [3.63, 3.8) is 0 Å². The average molecular weight is 415 g/mol. The Balaban J connectivity index is 2.37. The molecule has 0 N–H and O–H groups in total. The van der Waals surface area contributed by atoms with Crippen LogP contribution in [0.1, 0.15) is 16.0 Å². The summed E-state index contributed by atoms with van der Waals surface area (Å²) >= 11 is 7.23. The minimum absolute atomic E-state index is 0.229. The normalized spacial score (nSPS) is 12.8. The van der Waals surface area contributed by atoms with Gasteiger partial charge in [-0.05, 0) is 45.7 Å². The minimum atomic E-state index is -0.555. The lowest BCUT2D eigenvalue weighted by Gasteiger charge is -2.09. The van der Waals surface area contributed by atoms with Gasteiger partial charge in [-0.2, -0.15) is 0 Å². The SMILES string of the molecule is Fc1ccc(C(Br)c2csc(I)c2)c(F)c1. The van der Waals surface area contributed by atoms with E-state index in [9.17, 15) is 8.78 Å². The summed E-state index contributed by atoms with van der Waals surface area (Å²) in [4.78, 5) is -0.229. The molecule has 84 valence electrons. The number of hydrogen-bond acceptors (Lipinski definition) is 1. The van der Waals surface area contributed by atoms with Crippen molar-refractivity contribution in [1.29, 1.82) is 0 Å². The fourth-order valence-corrected chi connectivity index (χ4v) is 3.55. The summed E-state index contributed by atoms with van der Waals surface area (Å²) in [6, 6.07) is 5.62. The van der Waals surface area contributed by atoms with Crippen LogP contribution in [-0.2, 0) is 0 Å². The van der Waals surface area contributed by atoms with E-state index in [0.29, 0.717) is 5.56 Å². The molecular weight excluding hydrogens is 409 g/mol. The molecule has 1 unspecified atom stereocenters. The van der Waals surface area contributed by atoms with Crippen molar-refractivity contribution in [2.75, 3.05) is 0 Å². The van der Waals surface area contributed by atoms with E-state index in [-0.39, 0.29) is 4.83 Å². The van der Waals surface area contributed by atoms with Crippen molar-refractivity contribution in [3.05, 3.63) is 55.3 Å². The van der Waals surface area contributed by atoms with Crippen LogP contribution in [0.5, 0.6) is 0 Å². The van der Waals surface area contributed by atoms with Crippen LogP contribution in [0.3, 0.4) is 0 Å². The van der Waals surface area contributed by atoms with Crippen molar-refractivity contribution in [3.8, 4) is 0 Å². The lowest BCUT2D eigenvalue weighted by Crippen LogP contribution is -1.95.